The van der Waals surface area contributed by atoms with Gasteiger partial charge in [-0.1, -0.05) is 50.2 Å². The molecule has 0 aliphatic carbocycles. The van der Waals surface area contributed by atoms with Crippen molar-refractivity contribution in [1.82, 2.24) is 14.8 Å². The molecule has 29 heavy (non-hydrogen) atoms. The molecule has 1 aliphatic heterocycles. The van der Waals surface area contributed by atoms with Crippen molar-refractivity contribution in [2.24, 2.45) is 0 Å². The van der Waals surface area contributed by atoms with Crippen molar-refractivity contribution in [2.75, 3.05) is 24.3 Å². The number of hydrogen-bond acceptors (Lipinski definition) is 7. The van der Waals surface area contributed by atoms with E-state index in [-0.39, 0.29) is 5.97 Å². The molecule has 2 heterocycles. The quantitative estimate of drug-likeness (QED) is 0.368. The van der Waals surface area contributed by atoms with Crippen LogP contribution in [0.2, 0.25) is 0 Å². The molecule has 0 saturated carbocycles. The molecule has 2 aromatic rings. The monoisotopic (exact) mass is 416 g/mol. The lowest BCUT2D eigenvalue weighted by molar-refractivity contribution is -0.139. The Morgan fingerprint density at radius 2 is 2.07 bits per heavy atom. The van der Waals surface area contributed by atoms with Gasteiger partial charge in [-0.05, 0) is 32.1 Å². The Balaban J connectivity index is 2.11. The third-order valence-corrected chi connectivity index (χ3v) is 5.29. The van der Waals surface area contributed by atoms with Crippen molar-refractivity contribution in [3.63, 3.8) is 0 Å². The van der Waals surface area contributed by atoms with Crippen molar-refractivity contribution in [1.29, 1.82) is 0 Å². The zero-order valence-corrected chi connectivity index (χ0v) is 18.2. The third kappa shape index (κ3) is 4.58. The van der Waals surface area contributed by atoms with Crippen molar-refractivity contribution < 1.29 is 14.3 Å². The van der Waals surface area contributed by atoms with Gasteiger partial charge in [0.15, 0.2) is 0 Å². The topological polar surface area (TPSA) is 78.3 Å². The Kier molecular flexibility index (Phi) is 7.19. The first kappa shape index (κ1) is 21.2. The summed E-state index contributed by atoms with van der Waals surface area (Å²) < 4.78 is 13.2. The third-order valence-electron chi connectivity index (χ3n) is 4.57. The Morgan fingerprint density at radius 3 is 2.79 bits per heavy atom. The first-order valence-electron chi connectivity index (χ1n) is 10.1. The van der Waals surface area contributed by atoms with E-state index in [9.17, 15) is 4.79 Å². The number of ether oxygens (including phenoxy) is 2. The minimum absolute atomic E-state index is 0.304. The number of hydrogen-bond donors (Lipinski definition) is 1. The molecule has 0 fully saturated rings. The summed E-state index contributed by atoms with van der Waals surface area (Å²) in [5.74, 6) is 1.85. The number of fused-ring (bicyclic) bond motifs is 1. The molecule has 8 heteroatoms. The Labute approximate surface area is 175 Å². The highest BCUT2D eigenvalue weighted by Crippen LogP contribution is 2.40. The number of anilines is 1. The maximum absolute atomic E-state index is 12.9. The van der Waals surface area contributed by atoms with Crippen LogP contribution in [0.1, 0.15) is 52.1 Å². The van der Waals surface area contributed by atoms with Gasteiger partial charge in [-0.2, -0.15) is 4.98 Å². The van der Waals surface area contributed by atoms with E-state index in [1.807, 2.05) is 31.2 Å². The normalized spacial score (nSPS) is 15.7. The second-order valence-corrected chi connectivity index (χ2v) is 7.85. The number of rotatable bonds is 9. The van der Waals surface area contributed by atoms with Crippen LogP contribution in [-0.2, 0) is 9.53 Å². The predicted octanol–water partition coefficient (Wildman–Crippen LogP) is 4.42. The molecule has 0 amide bonds. The van der Waals surface area contributed by atoms with E-state index in [0.717, 1.165) is 29.9 Å². The van der Waals surface area contributed by atoms with Crippen LogP contribution in [0.3, 0.4) is 0 Å². The molecule has 7 nitrogen and oxygen atoms in total. The summed E-state index contributed by atoms with van der Waals surface area (Å²) in [6.45, 7) is 8.78. The van der Waals surface area contributed by atoms with Gasteiger partial charge in [-0.3, -0.25) is 0 Å². The summed E-state index contributed by atoms with van der Waals surface area (Å²) in [6.07, 6.45) is 2.01. The summed E-state index contributed by atoms with van der Waals surface area (Å²) in [5, 5.41) is 8.55. The maximum Gasteiger partial charge on any atom is 0.338 e. The molecule has 156 valence electrons. The van der Waals surface area contributed by atoms with E-state index < -0.39 is 6.04 Å². The fourth-order valence-electron chi connectivity index (χ4n) is 3.25. The number of esters is 1. The molecule has 3 rings (SSSR count). The molecule has 0 saturated heterocycles. The molecule has 0 bridgehead atoms. The zero-order valence-electron chi connectivity index (χ0n) is 17.4. The molecule has 0 radical (unpaired) electrons. The second kappa shape index (κ2) is 9.82. The molecule has 1 N–H and O–H groups in total. The van der Waals surface area contributed by atoms with Crippen molar-refractivity contribution >= 4 is 23.7 Å². The van der Waals surface area contributed by atoms with E-state index >= 15 is 0 Å². The van der Waals surface area contributed by atoms with Gasteiger partial charge in [0.1, 0.15) is 11.8 Å². The van der Waals surface area contributed by atoms with Gasteiger partial charge >= 0.3 is 5.97 Å². The number of nitrogens with zero attached hydrogens (tertiary/aromatic N) is 3. The lowest BCUT2D eigenvalue weighted by Gasteiger charge is -2.29. The summed E-state index contributed by atoms with van der Waals surface area (Å²) in [4.78, 5) is 17.5. The van der Waals surface area contributed by atoms with E-state index in [1.54, 1.807) is 23.4 Å². The molecular weight excluding hydrogens is 388 g/mol. The minimum atomic E-state index is -0.471. The zero-order chi connectivity index (χ0) is 20.8. The average Bonchev–Trinajstić information content (AvgIpc) is 3.10. The maximum atomic E-state index is 12.9. The van der Waals surface area contributed by atoms with Crippen molar-refractivity contribution in [3.05, 3.63) is 41.1 Å². The van der Waals surface area contributed by atoms with E-state index in [4.69, 9.17) is 9.47 Å². The molecule has 0 spiro atoms. The molecule has 1 aromatic heterocycles. The number of aromatic nitrogens is 3. The molecule has 1 unspecified atom stereocenters. The summed E-state index contributed by atoms with van der Waals surface area (Å²) >= 11 is 1.56. The number of unbranched alkanes of at least 4 members (excludes halogenated alkanes) is 1. The highest BCUT2D eigenvalue weighted by Gasteiger charge is 2.36. The van der Waals surface area contributed by atoms with Gasteiger partial charge in [0.25, 0.3) is 0 Å². The number of carbonyl (C=O) groups excluding carboxylic acids is 1. The number of benzene rings is 1. The Hall–Kier alpha value is -2.48. The van der Waals surface area contributed by atoms with Crippen LogP contribution < -0.4 is 10.1 Å². The summed E-state index contributed by atoms with van der Waals surface area (Å²) in [7, 11) is 0. The molecule has 1 aromatic carbocycles. The van der Waals surface area contributed by atoms with Crippen molar-refractivity contribution in [2.45, 2.75) is 51.7 Å². The van der Waals surface area contributed by atoms with Gasteiger partial charge in [0, 0.05) is 11.3 Å². The Morgan fingerprint density at radius 1 is 1.28 bits per heavy atom. The van der Waals surface area contributed by atoms with E-state index in [2.05, 4.69) is 29.2 Å². The van der Waals surface area contributed by atoms with Crippen LogP contribution >= 0.6 is 11.8 Å². The highest BCUT2D eigenvalue weighted by molar-refractivity contribution is 7.99. The van der Waals surface area contributed by atoms with Crippen LogP contribution in [0, 0.1) is 0 Å². The molecular formula is C21H28N4O3S. The second-order valence-electron chi connectivity index (χ2n) is 6.62. The first-order chi connectivity index (χ1) is 14.1. The van der Waals surface area contributed by atoms with Crippen LogP contribution in [0.15, 0.2) is 40.7 Å². The fraction of sp³-hybridized carbons (Fsp3) is 0.476. The smallest absolute Gasteiger partial charge is 0.338 e. The number of allylic oxidation sites excluding steroid dienone is 1. The van der Waals surface area contributed by atoms with Crippen LogP contribution in [0.5, 0.6) is 5.75 Å². The highest BCUT2D eigenvalue weighted by atomic mass is 32.2. The lowest BCUT2D eigenvalue weighted by atomic mass is 9.95. The average molecular weight is 417 g/mol. The van der Waals surface area contributed by atoms with Gasteiger partial charge in [0.05, 0.1) is 18.8 Å². The number of nitrogens with one attached hydrogen (secondary N) is 1. The predicted molar refractivity (Wildman–Crippen MR) is 114 cm³/mol. The van der Waals surface area contributed by atoms with E-state index in [0.29, 0.717) is 35.6 Å². The van der Waals surface area contributed by atoms with Gasteiger partial charge in [0.2, 0.25) is 11.1 Å². The van der Waals surface area contributed by atoms with Gasteiger partial charge < -0.3 is 14.8 Å². The lowest BCUT2D eigenvalue weighted by Crippen LogP contribution is -2.30. The first-order valence-corrected chi connectivity index (χ1v) is 11.0. The van der Waals surface area contributed by atoms with E-state index in [1.165, 1.54) is 0 Å². The van der Waals surface area contributed by atoms with Crippen LogP contribution in [-0.4, -0.2) is 39.7 Å². The Bertz CT molecular complexity index is 894. The summed E-state index contributed by atoms with van der Waals surface area (Å²) in [5.41, 5.74) is 2.10. The summed E-state index contributed by atoms with van der Waals surface area (Å²) in [6, 6.07) is 7.32. The number of thioether (sulfide) groups is 1. The molecule has 1 aliphatic rings. The molecule has 1 atom stereocenters. The van der Waals surface area contributed by atoms with Crippen molar-refractivity contribution in [3.8, 4) is 5.75 Å². The fourth-order valence-corrected chi connectivity index (χ4v) is 3.80. The largest absolute Gasteiger partial charge is 0.493 e. The SMILES string of the molecule is CCCCOc1ccccc1C1C(C(=O)OCC)=C(C)Nc2nc(SCC)nn21. The number of para-hydroxylation sites is 1. The van der Waals surface area contributed by atoms with Gasteiger partial charge in [-0.25, -0.2) is 9.48 Å². The minimum Gasteiger partial charge on any atom is -0.493 e. The van der Waals surface area contributed by atoms with Crippen LogP contribution in [0.4, 0.5) is 5.95 Å². The number of carbonyl (C=O) groups is 1. The van der Waals surface area contributed by atoms with Crippen LogP contribution in [0.25, 0.3) is 0 Å². The standard InChI is InChI=1S/C21H28N4O3S/c1-5-8-13-28-16-12-10-9-11-15(16)18-17(19(26)27-6-2)14(4)22-20-23-21(29-7-3)24-25(18)20/h9-12,18H,5-8,13H2,1-4H3,(H,22,23,24). The van der Waals surface area contributed by atoms with Gasteiger partial charge in [-0.15, -0.1) is 5.10 Å².